The number of aryl methyl sites for hydroxylation is 1. The van der Waals surface area contributed by atoms with Crippen LogP contribution >= 0.6 is 27.3 Å². The minimum atomic E-state index is 0.684. The summed E-state index contributed by atoms with van der Waals surface area (Å²) in [6.07, 6.45) is 0. The van der Waals surface area contributed by atoms with Gasteiger partial charge in [-0.1, -0.05) is 30.3 Å². The van der Waals surface area contributed by atoms with E-state index in [0.29, 0.717) is 5.82 Å². The van der Waals surface area contributed by atoms with Crippen LogP contribution in [-0.4, -0.2) is 9.78 Å². The largest absolute Gasteiger partial charge is 0.383 e. The molecular formula is C14H12BrN3S. The van der Waals surface area contributed by atoms with E-state index >= 15 is 0 Å². The average molecular weight is 334 g/mol. The first kappa shape index (κ1) is 12.4. The van der Waals surface area contributed by atoms with Gasteiger partial charge < -0.3 is 5.73 Å². The van der Waals surface area contributed by atoms with Gasteiger partial charge in [0.25, 0.3) is 0 Å². The summed E-state index contributed by atoms with van der Waals surface area (Å²) in [7, 11) is 1.87. The predicted molar refractivity (Wildman–Crippen MR) is 84.1 cm³/mol. The van der Waals surface area contributed by atoms with Crippen molar-refractivity contribution in [2.24, 2.45) is 7.05 Å². The lowest BCUT2D eigenvalue weighted by Crippen LogP contribution is -1.97. The molecule has 0 amide bonds. The number of nitrogens with two attached hydrogens (primary N) is 1. The molecule has 0 aliphatic heterocycles. The summed E-state index contributed by atoms with van der Waals surface area (Å²) in [4.78, 5) is 0. The van der Waals surface area contributed by atoms with Gasteiger partial charge in [-0.2, -0.15) is 5.10 Å². The van der Waals surface area contributed by atoms with E-state index in [0.717, 1.165) is 26.2 Å². The zero-order chi connectivity index (χ0) is 13.4. The number of anilines is 1. The van der Waals surface area contributed by atoms with E-state index < -0.39 is 0 Å². The Kier molecular flexibility index (Phi) is 3.16. The maximum absolute atomic E-state index is 6.17. The topological polar surface area (TPSA) is 43.8 Å². The van der Waals surface area contributed by atoms with Crippen LogP contribution in [0.3, 0.4) is 0 Å². The number of halogens is 1. The number of hydrogen-bond donors (Lipinski definition) is 1. The van der Waals surface area contributed by atoms with Crippen LogP contribution in [0.5, 0.6) is 0 Å². The Hall–Kier alpha value is -1.59. The molecule has 0 saturated carbocycles. The van der Waals surface area contributed by atoms with Crippen molar-refractivity contribution >= 4 is 33.1 Å². The Bertz CT molecular complexity index is 716. The number of nitrogen functional groups attached to an aromatic ring is 1. The number of rotatable bonds is 2. The lowest BCUT2D eigenvalue weighted by atomic mass is 10.0. The van der Waals surface area contributed by atoms with Gasteiger partial charge in [-0.25, -0.2) is 0 Å². The van der Waals surface area contributed by atoms with Crippen LogP contribution < -0.4 is 5.73 Å². The highest BCUT2D eigenvalue weighted by molar-refractivity contribution is 9.11. The molecule has 0 spiro atoms. The number of thiophene rings is 1. The van der Waals surface area contributed by atoms with E-state index in [4.69, 9.17) is 5.73 Å². The van der Waals surface area contributed by atoms with Crippen molar-refractivity contribution in [2.45, 2.75) is 0 Å². The van der Waals surface area contributed by atoms with Crippen LogP contribution in [0, 0.1) is 0 Å². The summed E-state index contributed by atoms with van der Waals surface area (Å²) in [6, 6.07) is 12.2. The van der Waals surface area contributed by atoms with E-state index in [1.54, 1.807) is 16.0 Å². The Morgan fingerprint density at radius 1 is 1.21 bits per heavy atom. The highest BCUT2D eigenvalue weighted by Crippen LogP contribution is 2.38. The second-order valence-corrected chi connectivity index (χ2v) is 6.53. The summed E-state index contributed by atoms with van der Waals surface area (Å²) in [6.45, 7) is 0. The fourth-order valence-electron chi connectivity index (χ4n) is 2.06. The molecule has 96 valence electrons. The normalized spacial score (nSPS) is 10.8. The molecule has 0 radical (unpaired) electrons. The van der Waals surface area contributed by atoms with Crippen molar-refractivity contribution in [1.82, 2.24) is 9.78 Å². The lowest BCUT2D eigenvalue weighted by molar-refractivity contribution is 0.782. The number of benzene rings is 1. The highest BCUT2D eigenvalue weighted by Gasteiger charge is 2.17. The average Bonchev–Trinajstić information content (AvgIpc) is 2.96. The van der Waals surface area contributed by atoms with Crippen molar-refractivity contribution in [3.63, 3.8) is 0 Å². The monoisotopic (exact) mass is 333 g/mol. The number of nitrogens with zero attached hydrogens (tertiary/aromatic N) is 2. The van der Waals surface area contributed by atoms with Gasteiger partial charge in [-0.15, -0.1) is 11.3 Å². The summed E-state index contributed by atoms with van der Waals surface area (Å²) in [5.74, 6) is 0.684. The van der Waals surface area contributed by atoms with Gasteiger partial charge in [0.15, 0.2) is 0 Å². The van der Waals surface area contributed by atoms with Gasteiger partial charge in [0.1, 0.15) is 11.5 Å². The Balaban J connectivity index is 2.24. The van der Waals surface area contributed by atoms with Crippen LogP contribution in [0.15, 0.2) is 45.6 Å². The molecule has 3 rings (SSSR count). The smallest absolute Gasteiger partial charge is 0.129 e. The SMILES string of the molecule is Cn1nc(-c2csc(Br)c2)c(-c2ccccc2)c1N. The number of aromatic nitrogens is 2. The Morgan fingerprint density at radius 3 is 2.58 bits per heavy atom. The molecule has 0 unspecified atom stereocenters. The van der Waals surface area contributed by atoms with Gasteiger partial charge in [-0.05, 0) is 27.6 Å². The molecule has 0 atom stereocenters. The molecule has 2 heterocycles. The fourth-order valence-corrected chi connectivity index (χ4v) is 3.20. The molecule has 0 aliphatic rings. The zero-order valence-electron chi connectivity index (χ0n) is 10.3. The van der Waals surface area contributed by atoms with Gasteiger partial charge >= 0.3 is 0 Å². The molecule has 3 aromatic rings. The molecule has 1 aromatic carbocycles. The van der Waals surface area contributed by atoms with Gasteiger partial charge in [-0.3, -0.25) is 4.68 Å². The van der Waals surface area contributed by atoms with E-state index in [1.807, 2.05) is 25.2 Å². The molecule has 0 saturated heterocycles. The molecular weight excluding hydrogens is 322 g/mol. The molecule has 2 N–H and O–H groups in total. The first-order chi connectivity index (χ1) is 9.16. The summed E-state index contributed by atoms with van der Waals surface area (Å²) >= 11 is 5.13. The van der Waals surface area contributed by atoms with Gasteiger partial charge in [0.2, 0.25) is 0 Å². The maximum atomic E-state index is 6.17. The molecule has 0 aliphatic carbocycles. The summed E-state index contributed by atoms with van der Waals surface area (Å²) < 4.78 is 2.81. The first-order valence-corrected chi connectivity index (χ1v) is 7.46. The maximum Gasteiger partial charge on any atom is 0.129 e. The Morgan fingerprint density at radius 2 is 1.95 bits per heavy atom. The molecule has 19 heavy (non-hydrogen) atoms. The number of hydrogen-bond acceptors (Lipinski definition) is 3. The second-order valence-electron chi connectivity index (χ2n) is 4.24. The molecule has 5 heteroatoms. The zero-order valence-corrected chi connectivity index (χ0v) is 12.7. The van der Waals surface area contributed by atoms with E-state index in [2.05, 4.69) is 44.6 Å². The molecule has 2 aromatic heterocycles. The third kappa shape index (κ3) is 2.19. The van der Waals surface area contributed by atoms with Crippen molar-refractivity contribution in [3.05, 3.63) is 45.6 Å². The quantitative estimate of drug-likeness (QED) is 0.765. The highest BCUT2D eigenvalue weighted by atomic mass is 79.9. The van der Waals surface area contributed by atoms with Crippen molar-refractivity contribution < 1.29 is 0 Å². The van der Waals surface area contributed by atoms with E-state index in [9.17, 15) is 0 Å². The van der Waals surface area contributed by atoms with Gasteiger partial charge in [0.05, 0.1) is 9.35 Å². The molecule has 0 fully saturated rings. The minimum absolute atomic E-state index is 0.684. The summed E-state index contributed by atoms with van der Waals surface area (Å²) in [5, 5.41) is 6.63. The van der Waals surface area contributed by atoms with Crippen LogP contribution in [0.2, 0.25) is 0 Å². The summed E-state index contributed by atoms with van der Waals surface area (Å²) in [5.41, 5.74) is 10.3. The van der Waals surface area contributed by atoms with Crippen molar-refractivity contribution in [2.75, 3.05) is 5.73 Å². The van der Waals surface area contributed by atoms with E-state index in [1.165, 1.54) is 0 Å². The van der Waals surface area contributed by atoms with E-state index in [-0.39, 0.29) is 0 Å². The van der Waals surface area contributed by atoms with Crippen LogP contribution in [0.4, 0.5) is 5.82 Å². The second kappa shape index (κ2) is 4.83. The van der Waals surface area contributed by atoms with Crippen LogP contribution in [0.1, 0.15) is 0 Å². The van der Waals surface area contributed by atoms with Crippen molar-refractivity contribution in [1.29, 1.82) is 0 Å². The van der Waals surface area contributed by atoms with Crippen LogP contribution in [-0.2, 0) is 7.05 Å². The van der Waals surface area contributed by atoms with Crippen LogP contribution in [0.25, 0.3) is 22.4 Å². The van der Waals surface area contributed by atoms with Gasteiger partial charge in [0, 0.05) is 18.0 Å². The van der Waals surface area contributed by atoms with Crippen molar-refractivity contribution in [3.8, 4) is 22.4 Å². The lowest BCUT2D eigenvalue weighted by Gasteiger charge is -2.02. The molecule has 0 bridgehead atoms. The predicted octanol–water partition coefficient (Wildman–Crippen LogP) is 4.16. The third-order valence-electron chi connectivity index (χ3n) is 2.99. The molecule has 3 nitrogen and oxygen atoms in total. The third-order valence-corrected chi connectivity index (χ3v) is 4.50. The Labute approximate surface area is 123 Å². The fraction of sp³-hybridized carbons (Fsp3) is 0.0714. The minimum Gasteiger partial charge on any atom is -0.383 e. The first-order valence-electron chi connectivity index (χ1n) is 5.79. The standard InChI is InChI=1S/C14H12BrN3S/c1-18-14(16)12(9-5-3-2-4-6-9)13(17-18)10-7-11(15)19-8-10/h2-8H,16H2,1H3.